The van der Waals surface area contributed by atoms with Crippen molar-refractivity contribution in [3.05, 3.63) is 238 Å². The number of hydrogen-bond acceptors (Lipinski definition) is 4. The van der Waals surface area contributed by atoms with Gasteiger partial charge in [-0.3, -0.25) is 0 Å². The minimum absolute atomic E-state index is 0.574. The molecule has 0 spiro atoms. The summed E-state index contributed by atoms with van der Waals surface area (Å²) in [4.78, 5) is 4.84. The van der Waals surface area contributed by atoms with Crippen LogP contribution in [0.4, 0.5) is 17.1 Å². The molecule has 6 aromatic rings. The number of ether oxygens (including phenoxy) is 1. The van der Waals surface area contributed by atoms with E-state index in [9.17, 15) is 0 Å². The van der Waals surface area contributed by atoms with Crippen LogP contribution in [0.3, 0.4) is 0 Å². The van der Waals surface area contributed by atoms with Crippen molar-refractivity contribution in [3.63, 3.8) is 0 Å². The summed E-state index contributed by atoms with van der Waals surface area (Å²) < 4.78 is 14.0. The lowest BCUT2D eigenvalue weighted by atomic mass is 9.92. The molecule has 0 fully saturated rings. The number of fused-ring (bicyclic) bond motifs is 1. The molecule has 2 aliphatic rings. The molecule has 370 valence electrons. The van der Waals surface area contributed by atoms with E-state index in [2.05, 4.69) is 225 Å². The quantitative estimate of drug-likeness (QED) is 0.0804. The number of allylic oxidation sites excluding steroid dienone is 16. The normalized spacial score (nSPS) is 14.6. The van der Waals surface area contributed by atoms with Gasteiger partial charge in [0.2, 0.25) is 0 Å². The molecular weight excluding hydrogens is 877 g/mol. The number of rotatable bonds is 14. The molecule has 0 unspecified atom stereocenters. The topological polar surface area (TPSA) is 28.9 Å². The average molecular weight is 953 g/mol. The summed E-state index contributed by atoms with van der Waals surface area (Å²) in [6.07, 6.45) is 29.2. The molecule has 4 heteroatoms. The van der Waals surface area contributed by atoms with Gasteiger partial charge in [0.1, 0.15) is 11.5 Å². The zero-order chi connectivity index (χ0) is 52.2. The molecular formula is C68H76N2O2. The largest absolute Gasteiger partial charge is 0.455 e. The van der Waals surface area contributed by atoms with Crippen molar-refractivity contribution >= 4 is 67.3 Å². The molecule has 5 aromatic carbocycles. The Morgan fingerprint density at radius 2 is 1.51 bits per heavy atom. The molecule has 1 aromatic heterocycles. The van der Waals surface area contributed by atoms with Gasteiger partial charge in [0, 0.05) is 34.3 Å². The Morgan fingerprint density at radius 1 is 0.750 bits per heavy atom. The lowest BCUT2D eigenvalue weighted by Gasteiger charge is -2.33. The van der Waals surface area contributed by atoms with Gasteiger partial charge >= 0.3 is 0 Å². The highest BCUT2D eigenvalue weighted by Crippen LogP contribution is 2.45. The van der Waals surface area contributed by atoms with E-state index in [1.54, 1.807) is 0 Å². The van der Waals surface area contributed by atoms with Crippen molar-refractivity contribution in [1.29, 1.82) is 0 Å². The summed E-state index contributed by atoms with van der Waals surface area (Å²) in [6.45, 7) is 40.4. The van der Waals surface area contributed by atoms with Gasteiger partial charge < -0.3 is 19.0 Å². The molecule has 0 saturated heterocycles. The Balaban J connectivity index is 0.00000207. The molecule has 8 rings (SSSR count). The van der Waals surface area contributed by atoms with Gasteiger partial charge in [-0.2, -0.15) is 0 Å². The second-order valence-electron chi connectivity index (χ2n) is 18.0. The van der Waals surface area contributed by atoms with Gasteiger partial charge in [0.15, 0.2) is 11.3 Å². The van der Waals surface area contributed by atoms with Crippen molar-refractivity contribution in [2.75, 3.05) is 9.80 Å². The van der Waals surface area contributed by atoms with Crippen LogP contribution in [0, 0.1) is 13.8 Å². The smallest absolute Gasteiger partial charge is 0.159 e. The molecule has 0 atom stereocenters. The average Bonchev–Trinajstić information content (AvgIpc) is 3.55. The number of nitrogens with zero attached hydrogens (tertiary/aromatic N) is 2. The molecule has 0 N–H and O–H groups in total. The van der Waals surface area contributed by atoms with Crippen LogP contribution in [0.15, 0.2) is 209 Å². The lowest BCUT2D eigenvalue weighted by molar-refractivity contribution is 0.319. The molecule has 2 aliphatic carbocycles. The van der Waals surface area contributed by atoms with E-state index < -0.39 is 0 Å². The van der Waals surface area contributed by atoms with Crippen molar-refractivity contribution in [2.24, 2.45) is 0 Å². The molecule has 0 saturated carbocycles. The zero-order valence-electron chi connectivity index (χ0n) is 45.4. The first kappa shape index (κ1) is 53.8. The molecule has 4 nitrogen and oxygen atoms in total. The summed E-state index contributed by atoms with van der Waals surface area (Å²) in [6, 6.07) is 26.8. The molecule has 0 bridgehead atoms. The maximum Gasteiger partial charge on any atom is 0.159 e. The van der Waals surface area contributed by atoms with E-state index in [0.717, 1.165) is 113 Å². The number of anilines is 3. The van der Waals surface area contributed by atoms with E-state index in [1.165, 1.54) is 33.0 Å². The van der Waals surface area contributed by atoms with Crippen molar-refractivity contribution < 1.29 is 9.15 Å². The summed E-state index contributed by atoms with van der Waals surface area (Å²) >= 11 is 0. The van der Waals surface area contributed by atoms with Gasteiger partial charge in [-0.1, -0.05) is 181 Å². The Morgan fingerprint density at radius 3 is 2.22 bits per heavy atom. The summed E-state index contributed by atoms with van der Waals surface area (Å²) in [5.41, 5.74) is 16.1. The molecule has 1 heterocycles. The fourth-order valence-corrected chi connectivity index (χ4v) is 9.49. The highest BCUT2D eigenvalue weighted by Gasteiger charge is 2.28. The fraction of sp³-hybridized carbons (Fsp3) is 0.235. The van der Waals surface area contributed by atoms with Crippen LogP contribution in [0.5, 0.6) is 0 Å². The number of furan rings is 1. The van der Waals surface area contributed by atoms with Gasteiger partial charge in [-0.25, -0.2) is 0 Å². The minimum Gasteiger partial charge on any atom is -0.455 e. The van der Waals surface area contributed by atoms with E-state index in [-0.39, 0.29) is 0 Å². The third-order valence-electron chi connectivity index (χ3n) is 13.4. The Bertz CT molecular complexity index is 3380. The molecule has 0 amide bonds. The molecule has 72 heavy (non-hydrogen) atoms. The van der Waals surface area contributed by atoms with Gasteiger partial charge in [-0.05, 0) is 160 Å². The Hall–Kier alpha value is -7.56. The standard InChI is InChI=1S/C64H64N2O2.2C2H6/c1-13-22-48-34-36-53-56(66(58-39-42(7)28-31-46(58)11)54(17-5)63(44(9)15-3)67-59-26-20-18-19-23-47(59)12)38-35-49-32-33-50(60(48)61(49)53)40-65(55-37-29-41(6)27-30-45(55)10)57-25-21-24-52-51(16-4)62(43(8)14-2)68-64(52)57;2*1-2/h13-18,20-28,30-39H,1,3-4,19,29,40H2,2,5-12H3;2*1-2H3/b43-14-,48-22-,54-17+,63-44+;;. The number of para-hydroxylation sites is 1. The second kappa shape index (κ2) is 24.5. The first-order chi connectivity index (χ1) is 34.9. The summed E-state index contributed by atoms with van der Waals surface area (Å²) in [5.74, 6) is 2.40. The van der Waals surface area contributed by atoms with Crippen LogP contribution in [-0.4, -0.2) is 0 Å². The Labute approximate surface area is 431 Å². The van der Waals surface area contributed by atoms with Crippen LogP contribution in [-0.2, 0) is 11.3 Å². The van der Waals surface area contributed by atoms with E-state index in [4.69, 9.17) is 9.15 Å². The third-order valence-corrected chi connectivity index (χ3v) is 13.4. The highest BCUT2D eigenvalue weighted by atomic mass is 16.5. The summed E-state index contributed by atoms with van der Waals surface area (Å²) in [5, 5.41) is 6.78. The second-order valence-corrected chi connectivity index (χ2v) is 18.0. The van der Waals surface area contributed by atoms with Crippen LogP contribution in [0.25, 0.3) is 50.2 Å². The van der Waals surface area contributed by atoms with Crippen LogP contribution >= 0.6 is 0 Å². The van der Waals surface area contributed by atoms with E-state index in [0.29, 0.717) is 6.54 Å². The lowest BCUT2D eigenvalue weighted by Crippen LogP contribution is -2.24. The summed E-state index contributed by atoms with van der Waals surface area (Å²) in [7, 11) is 0. The number of benzene rings is 5. The molecule has 0 radical (unpaired) electrons. The first-order valence-corrected chi connectivity index (χ1v) is 25.7. The SMILES string of the molecule is C=C/C=c1/ccc2c(N(C(=C/C)/C(OC3=CC=CCC=C3C)=C(/C)C=C)c3cc(C)ccc3C)ccc3ccc(CN(C4=CCC(C)=CC=C4C)c4cccc5c(C=C)c(/C(C)=C\C)oc45)c1c32.CC.CC. The predicted octanol–water partition coefficient (Wildman–Crippen LogP) is 19.7. The number of hydrogen-bond donors (Lipinski definition) is 0. The van der Waals surface area contributed by atoms with Crippen LogP contribution in [0.1, 0.15) is 117 Å². The minimum atomic E-state index is 0.574. The fourth-order valence-electron chi connectivity index (χ4n) is 9.49. The van der Waals surface area contributed by atoms with Crippen molar-refractivity contribution in [2.45, 2.75) is 109 Å². The van der Waals surface area contributed by atoms with Crippen LogP contribution in [0.2, 0.25) is 0 Å². The van der Waals surface area contributed by atoms with Gasteiger partial charge in [0.05, 0.1) is 17.1 Å². The number of aryl methyl sites for hydroxylation is 2. The van der Waals surface area contributed by atoms with Crippen molar-refractivity contribution in [3.8, 4) is 0 Å². The van der Waals surface area contributed by atoms with E-state index >= 15 is 0 Å². The van der Waals surface area contributed by atoms with Crippen LogP contribution < -0.4 is 15.0 Å². The van der Waals surface area contributed by atoms with Gasteiger partial charge in [0.25, 0.3) is 0 Å². The zero-order valence-corrected chi connectivity index (χ0v) is 45.4. The van der Waals surface area contributed by atoms with Gasteiger partial charge in [-0.15, -0.1) is 0 Å². The molecule has 0 aliphatic heterocycles. The van der Waals surface area contributed by atoms with Crippen molar-refractivity contribution in [1.82, 2.24) is 0 Å². The Kier molecular flexibility index (Phi) is 18.3. The third kappa shape index (κ3) is 10.8. The monoisotopic (exact) mass is 953 g/mol. The predicted molar refractivity (Wildman–Crippen MR) is 317 cm³/mol. The maximum absolute atomic E-state index is 7.05. The highest BCUT2D eigenvalue weighted by molar-refractivity contribution is 6.17. The maximum atomic E-state index is 7.05. The van der Waals surface area contributed by atoms with E-state index in [1.807, 2.05) is 45.9 Å². The first-order valence-electron chi connectivity index (χ1n) is 25.7.